The van der Waals surface area contributed by atoms with E-state index >= 15 is 0 Å². The molecule has 1 aromatic rings. The number of rotatable bonds is 6. The molecule has 2 amide bonds. The summed E-state index contributed by atoms with van der Waals surface area (Å²) in [5, 5.41) is 6.11. The first-order valence-corrected chi connectivity index (χ1v) is 9.18. The number of benzene rings is 1. The van der Waals surface area contributed by atoms with E-state index in [0.29, 0.717) is 18.7 Å². The number of nitrogens with one attached hydrogen (secondary N) is 2. The molecule has 1 aromatic carbocycles. The van der Waals surface area contributed by atoms with Crippen molar-refractivity contribution in [1.29, 1.82) is 0 Å². The summed E-state index contributed by atoms with van der Waals surface area (Å²) in [6.07, 6.45) is 6.72. The van der Waals surface area contributed by atoms with E-state index in [2.05, 4.69) is 29.5 Å². The number of carbonyl (C=O) groups excluding carboxylic acids is 1. The van der Waals surface area contributed by atoms with Crippen molar-refractivity contribution in [3.63, 3.8) is 0 Å². The molecule has 2 bridgehead atoms. The Bertz CT molecular complexity index is 549. The van der Waals surface area contributed by atoms with Crippen molar-refractivity contribution in [3.8, 4) is 5.75 Å². The van der Waals surface area contributed by atoms with Crippen LogP contribution in [0.25, 0.3) is 0 Å². The molecule has 132 valence electrons. The van der Waals surface area contributed by atoms with Gasteiger partial charge in [-0.15, -0.1) is 0 Å². The number of unbranched alkanes of at least 4 members (excludes halogenated alkanes) is 1. The second-order valence-corrected chi connectivity index (χ2v) is 7.02. The van der Waals surface area contributed by atoms with Gasteiger partial charge in [0, 0.05) is 18.1 Å². The zero-order chi connectivity index (χ0) is 16.9. The van der Waals surface area contributed by atoms with Crippen LogP contribution >= 0.6 is 0 Å². The molecule has 0 saturated carbocycles. The maximum absolute atomic E-state index is 12.4. The molecule has 2 saturated heterocycles. The summed E-state index contributed by atoms with van der Waals surface area (Å²) in [4.78, 5) is 14.9. The van der Waals surface area contributed by atoms with Crippen LogP contribution < -0.4 is 15.4 Å². The molecule has 0 radical (unpaired) electrons. The zero-order valence-corrected chi connectivity index (χ0v) is 14.8. The number of urea groups is 1. The fourth-order valence-corrected chi connectivity index (χ4v) is 3.90. The number of amides is 2. The Morgan fingerprint density at radius 2 is 1.96 bits per heavy atom. The van der Waals surface area contributed by atoms with Crippen LogP contribution in [0.15, 0.2) is 24.3 Å². The summed E-state index contributed by atoms with van der Waals surface area (Å²) in [5.74, 6) is 0.740. The van der Waals surface area contributed by atoms with Crippen LogP contribution in [0, 0.1) is 0 Å². The van der Waals surface area contributed by atoms with Crippen LogP contribution in [0.2, 0.25) is 0 Å². The molecule has 2 aliphatic heterocycles. The maximum atomic E-state index is 12.4. The van der Waals surface area contributed by atoms with E-state index < -0.39 is 0 Å². The van der Waals surface area contributed by atoms with Crippen LogP contribution in [0.4, 0.5) is 10.5 Å². The van der Waals surface area contributed by atoms with E-state index in [1.54, 1.807) is 0 Å². The van der Waals surface area contributed by atoms with Gasteiger partial charge >= 0.3 is 6.03 Å². The molecule has 0 aromatic heterocycles. The number of hydrogen-bond acceptors (Lipinski definition) is 3. The molecule has 2 N–H and O–H groups in total. The van der Waals surface area contributed by atoms with Gasteiger partial charge in [-0.25, -0.2) is 4.79 Å². The van der Waals surface area contributed by atoms with Crippen LogP contribution in [-0.2, 0) is 0 Å². The van der Waals surface area contributed by atoms with Gasteiger partial charge in [0.25, 0.3) is 0 Å². The third-order valence-electron chi connectivity index (χ3n) is 5.32. The first kappa shape index (κ1) is 17.1. The van der Waals surface area contributed by atoms with Crippen molar-refractivity contribution in [2.24, 2.45) is 0 Å². The molecule has 1 unspecified atom stereocenters. The zero-order valence-electron chi connectivity index (χ0n) is 14.8. The normalized spacial score (nSPS) is 26.2. The number of fused-ring (bicyclic) bond motifs is 2. The van der Waals surface area contributed by atoms with E-state index in [0.717, 1.165) is 37.1 Å². The lowest BCUT2D eigenvalue weighted by atomic mass is 9.98. The summed E-state index contributed by atoms with van der Waals surface area (Å²) in [6.45, 7) is 2.81. The predicted octanol–water partition coefficient (Wildman–Crippen LogP) is 3.61. The Balaban J connectivity index is 1.54. The van der Waals surface area contributed by atoms with Crippen LogP contribution in [0.3, 0.4) is 0 Å². The van der Waals surface area contributed by atoms with Crippen molar-refractivity contribution in [2.75, 3.05) is 19.0 Å². The Morgan fingerprint density at radius 1 is 1.25 bits per heavy atom. The van der Waals surface area contributed by atoms with Gasteiger partial charge in [-0.1, -0.05) is 25.5 Å². The van der Waals surface area contributed by atoms with Gasteiger partial charge in [-0.2, -0.15) is 0 Å². The standard InChI is InChI=1S/C19H29N3O2/c1-3-4-11-24-18-8-6-5-7-17(18)21-19(23)20-14-12-15-9-10-16(13-14)22(15)2/h5-8,14-16H,3-4,9-13H2,1-2H3,(H2,20,21,23)/t14?,15-,16+. The summed E-state index contributed by atoms with van der Waals surface area (Å²) in [5.41, 5.74) is 0.738. The van der Waals surface area contributed by atoms with E-state index in [-0.39, 0.29) is 12.1 Å². The second kappa shape index (κ2) is 7.88. The molecule has 5 heteroatoms. The summed E-state index contributed by atoms with van der Waals surface area (Å²) in [7, 11) is 2.21. The molecule has 0 spiro atoms. The number of anilines is 1. The molecule has 24 heavy (non-hydrogen) atoms. The summed E-state index contributed by atoms with van der Waals surface area (Å²) < 4.78 is 5.78. The largest absolute Gasteiger partial charge is 0.491 e. The number of ether oxygens (including phenoxy) is 1. The average Bonchev–Trinajstić information content (AvgIpc) is 2.78. The van der Waals surface area contributed by atoms with Gasteiger partial charge in [0.15, 0.2) is 0 Å². The van der Waals surface area contributed by atoms with Crippen molar-refractivity contribution in [1.82, 2.24) is 10.2 Å². The minimum atomic E-state index is -0.129. The Kier molecular flexibility index (Phi) is 5.61. The fourth-order valence-electron chi connectivity index (χ4n) is 3.90. The highest BCUT2D eigenvalue weighted by Gasteiger charge is 2.38. The predicted molar refractivity (Wildman–Crippen MR) is 96.6 cm³/mol. The highest BCUT2D eigenvalue weighted by atomic mass is 16.5. The lowest BCUT2D eigenvalue weighted by molar-refractivity contribution is 0.151. The minimum absolute atomic E-state index is 0.129. The molecular weight excluding hydrogens is 302 g/mol. The highest BCUT2D eigenvalue weighted by Crippen LogP contribution is 2.34. The fraction of sp³-hybridized carbons (Fsp3) is 0.632. The molecular formula is C19H29N3O2. The molecule has 2 fully saturated rings. The van der Waals surface area contributed by atoms with Crippen molar-refractivity contribution in [3.05, 3.63) is 24.3 Å². The van der Waals surface area contributed by atoms with Gasteiger partial charge < -0.3 is 20.3 Å². The maximum Gasteiger partial charge on any atom is 0.319 e. The molecule has 5 nitrogen and oxygen atoms in total. The van der Waals surface area contributed by atoms with Gasteiger partial charge in [0.2, 0.25) is 0 Å². The van der Waals surface area contributed by atoms with Crippen molar-refractivity contribution < 1.29 is 9.53 Å². The van der Waals surface area contributed by atoms with Gasteiger partial charge in [0.1, 0.15) is 5.75 Å². The molecule has 2 aliphatic rings. The van der Waals surface area contributed by atoms with Gasteiger partial charge in [-0.05, 0) is 51.3 Å². The average molecular weight is 331 g/mol. The van der Waals surface area contributed by atoms with E-state index in [4.69, 9.17) is 4.74 Å². The lowest BCUT2D eigenvalue weighted by Gasteiger charge is -2.36. The van der Waals surface area contributed by atoms with E-state index in [1.165, 1.54) is 12.8 Å². The third-order valence-corrected chi connectivity index (χ3v) is 5.32. The van der Waals surface area contributed by atoms with Gasteiger partial charge in [-0.3, -0.25) is 0 Å². The molecule has 2 heterocycles. The lowest BCUT2D eigenvalue weighted by Crippen LogP contribution is -2.49. The Morgan fingerprint density at radius 3 is 2.67 bits per heavy atom. The minimum Gasteiger partial charge on any atom is -0.491 e. The molecule has 3 rings (SSSR count). The SMILES string of the molecule is CCCCOc1ccccc1NC(=O)NC1C[C@H]2CC[C@@H](C1)N2C. The highest BCUT2D eigenvalue weighted by molar-refractivity contribution is 5.91. The number of piperidine rings is 1. The Hall–Kier alpha value is -1.75. The summed E-state index contributed by atoms with van der Waals surface area (Å²) >= 11 is 0. The number of carbonyl (C=O) groups is 1. The van der Waals surface area contributed by atoms with E-state index in [1.807, 2.05) is 24.3 Å². The van der Waals surface area contributed by atoms with Crippen molar-refractivity contribution >= 4 is 11.7 Å². The molecule has 0 aliphatic carbocycles. The first-order valence-electron chi connectivity index (χ1n) is 9.18. The number of para-hydroxylation sites is 2. The van der Waals surface area contributed by atoms with E-state index in [9.17, 15) is 4.79 Å². The van der Waals surface area contributed by atoms with Crippen LogP contribution in [0.1, 0.15) is 45.4 Å². The Labute approximate surface area is 144 Å². The summed E-state index contributed by atoms with van der Waals surface area (Å²) in [6, 6.07) is 9.02. The topological polar surface area (TPSA) is 53.6 Å². The quantitative estimate of drug-likeness (QED) is 0.783. The molecule has 3 atom stereocenters. The number of nitrogens with zero attached hydrogens (tertiary/aromatic N) is 1. The second-order valence-electron chi connectivity index (χ2n) is 7.02. The first-order chi connectivity index (χ1) is 11.7. The van der Waals surface area contributed by atoms with Crippen LogP contribution in [0.5, 0.6) is 5.75 Å². The van der Waals surface area contributed by atoms with Gasteiger partial charge in [0.05, 0.1) is 12.3 Å². The third kappa shape index (κ3) is 4.01. The number of hydrogen-bond donors (Lipinski definition) is 2. The van der Waals surface area contributed by atoms with Crippen LogP contribution in [-0.4, -0.2) is 42.7 Å². The smallest absolute Gasteiger partial charge is 0.319 e. The van der Waals surface area contributed by atoms with Crippen molar-refractivity contribution in [2.45, 2.75) is 63.6 Å². The monoisotopic (exact) mass is 331 g/mol.